The lowest BCUT2D eigenvalue weighted by molar-refractivity contribution is 0.867. The van der Waals surface area contributed by atoms with E-state index in [2.05, 4.69) is 19.9 Å². The average Bonchev–Trinajstić information content (AvgIpc) is 2.37. The number of aromatic nitrogens is 4. The zero-order valence-electron chi connectivity index (χ0n) is 8.84. The summed E-state index contributed by atoms with van der Waals surface area (Å²) < 4.78 is 0. The fraction of sp³-hybridized carbons (Fsp3) is 0.100. The molecule has 0 saturated heterocycles. The molecule has 1 N–H and O–H groups in total. The van der Waals surface area contributed by atoms with Gasteiger partial charge in [0, 0.05) is 6.20 Å². The second-order valence-corrected chi connectivity index (χ2v) is 3.77. The van der Waals surface area contributed by atoms with E-state index in [1.165, 1.54) is 18.0 Å². The van der Waals surface area contributed by atoms with Crippen molar-refractivity contribution in [1.29, 1.82) is 5.26 Å². The van der Waals surface area contributed by atoms with Crippen molar-refractivity contribution in [2.24, 2.45) is 0 Å². The first kappa shape index (κ1) is 11.3. The van der Waals surface area contributed by atoms with Gasteiger partial charge < -0.3 is 0 Å². The van der Waals surface area contributed by atoms with Crippen molar-refractivity contribution in [3.05, 3.63) is 34.4 Å². The van der Waals surface area contributed by atoms with E-state index in [9.17, 15) is 4.79 Å². The second-order valence-electron chi connectivity index (χ2n) is 3.00. The molecule has 0 unspecified atom stereocenters. The molecule has 0 spiro atoms. The SMILES string of the molecule is CSc1nc(-c2ncccc2C#N)[nH]c(=O)n1. The van der Waals surface area contributed by atoms with Crippen molar-refractivity contribution in [1.82, 2.24) is 19.9 Å². The molecule has 84 valence electrons. The fourth-order valence-corrected chi connectivity index (χ4v) is 1.61. The third-order valence-electron chi connectivity index (χ3n) is 1.97. The molecule has 17 heavy (non-hydrogen) atoms. The number of rotatable bonds is 2. The summed E-state index contributed by atoms with van der Waals surface area (Å²) in [5.41, 5.74) is 0.201. The summed E-state index contributed by atoms with van der Waals surface area (Å²) in [5.74, 6) is 0.256. The Kier molecular flexibility index (Phi) is 3.16. The smallest absolute Gasteiger partial charge is 0.288 e. The van der Waals surface area contributed by atoms with Crippen LogP contribution in [0.5, 0.6) is 0 Å². The molecule has 6 nitrogen and oxygen atoms in total. The van der Waals surface area contributed by atoms with E-state index in [1.807, 2.05) is 6.07 Å². The Labute approximate surface area is 101 Å². The van der Waals surface area contributed by atoms with Gasteiger partial charge in [-0.25, -0.2) is 9.78 Å². The largest absolute Gasteiger partial charge is 0.349 e. The monoisotopic (exact) mass is 245 g/mol. The molecule has 0 saturated carbocycles. The molecular weight excluding hydrogens is 238 g/mol. The van der Waals surface area contributed by atoms with Gasteiger partial charge >= 0.3 is 5.69 Å². The van der Waals surface area contributed by atoms with Crippen LogP contribution in [-0.4, -0.2) is 26.2 Å². The maximum Gasteiger partial charge on any atom is 0.349 e. The highest BCUT2D eigenvalue weighted by atomic mass is 32.2. The summed E-state index contributed by atoms with van der Waals surface area (Å²) in [4.78, 5) is 25.6. The molecular formula is C10H7N5OS. The molecule has 0 bridgehead atoms. The molecule has 0 atom stereocenters. The van der Waals surface area contributed by atoms with Crippen LogP contribution in [0.15, 0.2) is 28.3 Å². The number of thioether (sulfide) groups is 1. The number of hydrogen-bond donors (Lipinski definition) is 1. The van der Waals surface area contributed by atoms with E-state index < -0.39 is 5.69 Å². The van der Waals surface area contributed by atoms with Crippen LogP contribution >= 0.6 is 11.8 Å². The molecule has 0 amide bonds. The molecule has 0 fully saturated rings. The van der Waals surface area contributed by atoms with Gasteiger partial charge in [-0.05, 0) is 18.4 Å². The summed E-state index contributed by atoms with van der Waals surface area (Å²) in [6, 6.07) is 5.26. The third-order valence-corrected chi connectivity index (χ3v) is 2.51. The van der Waals surface area contributed by atoms with Gasteiger partial charge in [0.15, 0.2) is 11.0 Å². The summed E-state index contributed by atoms with van der Waals surface area (Å²) in [7, 11) is 0. The minimum atomic E-state index is -0.506. The number of nitriles is 1. The zero-order chi connectivity index (χ0) is 12.3. The minimum absolute atomic E-state index is 0.256. The predicted octanol–water partition coefficient (Wildman–Crippen LogP) is 0.820. The van der Waals surface area contributed by atoms with Crippen molar-refractivity contribution >= 4 is 11.8 Å². The Morgan fingerprint density at radius 3 is 3.00 bits per heavy atom. The Bertz CT molecular complexity index is 646. The molecule has 2 aromatic rings. The van der Waals surface area contributed by atoms with E-state index in [0.29, 0.717) is 16.4 Å². The Balaban J connectivity index is 2.65. The van der Waals surface area contributed by atoms with Gasteiger partial charge in [0.05, 0.1) is 5.56 Å². The minimum Gasteiger partial charge on any atom is -0.288 e. The molecule has 2 heterocycles. The van der Waals surface area contributed by atoms with Crippen LogP contribution in [-0.2, 0) is 0 Å². The lowest BCUT2D eigenvalue weighted by Gasteiger charge is -2.02. The van der Waals surface area contributed by atoms with E-state index in [4.69, 9.17) is 5.26 Å². The van der Waals surface area contributed by atoms with E-state index in [1.54, 1.807) is 18.4 Å². The normalized spacial score (nSPS) is 9.88. The van der Waals surface area contributed by atoms with Crippen LogP contribution < -0.4 is 5.69 Å². The summed E-state index contributed by atoms with van der Waals surface area (Å²) in [5, 5.41) is 9.29. The van der Waals surface area contributed by atoms with E-state index >= 15 is 0 Å². The van der Waals surface area contributed by atoms with Crippen LogP contribution in [0.1, 0.15) is 5.56 Å². The van der Waals surface area contributed by atoms with Crippen molar-refractivity contribution in [3.8, 4) is 17.6 Å². The Morgan fingerprint density at radius 1 is 1.47 bits per heavy atom. The zero-order valence-corrected chi connectivity index (χ0v) is 9.65. The topological polar surface area (TPSA) is 95.3 Å². The molecule has 0 radical (unpaired) electrons. The summed E-state index contributed by atoms with van der Waals surface area (Å²) >= 11 is 1.25. The molecule has 2 rings (SSSR count). The Morgan fingerprint density at radius 2 is 2.29 bits per heavy atom. The summed E-state index contributed by atoms with van der Waals surface area (Å²) in [6.07, 6.45) is 3.30. The molecule has 2 aromatic heterocycles. The first-order valence-electron chi connectivity index (χ1n) is 4.62. The maximum absolute atomic E-state index is 11.3. The third kappa shape index (κ3) is 2.32. The standard InChI is InChI=1S/C10H7N5OS/c1-17-10-14-8(13-9(16)15-10)7-6(5-11)3-2-4-12-7/h2-4H,1H3,(H,13,14,15,16). The van der Waals surface area contributed by atoms with Gasteiger partial charge in [-0.3, -0.25) is 9.97 Å². The van der Waals surface area contributed by atoms with Gasteiger partial charge in [-0.15, -0.1) is 0 Å². The van der Waals surface area contributed by atoms with Gasteiger partial charge in [0.2, 0.25) is 0 Å². The second kappa shape index (κ2) is 4.76. The van der Waals surface area contributed by atoms with Crippen molar-refractivity contribution < 1.29 is 0 Å². The molecule has 0 aliphatic heterocycles. The highest BCUT2D eigenvalue weighted by Crippen LogP contribution is 2.16. The summed E-state index contributed by atoms with van der Waals surface area (Å²) in [6.45, 7) is 0. The van der Waals surface area contributed by atoms with Crippen LogP contribution in [0.3, 0.4) is 0 Å². The van der Waals surface area contributed by atoms with Crippen LogP contribution in [0, 0.1) is 11.3 Å². The van der Waals surface area contributed by atoms with Crippen molar-refractivity contribution in [3.63, 3.8) is 0 Å². The van der Waals surface area contributed by atoms with Gasteiger partial charge in [-0.2, -0.15) is 10.2 Å². The molecule has 0 aromatic carbocycles. The quantitative estimate of drug-likeness (QED) is 0.787. The fourth-order valence-electron chi connectivity index (χ4n) is 1.25. The van der Waals surface area contributed by atoms with Gasteiger partial charge in [0.25, 0.3) is 0 Å². The highest BCUT2D eigenvalue weighted by Gasteiger charge is 2.10. The number of hydrogen-bond acceptors (Lipinski definition) is 6. The lowest BCUT2D eigenvalue weighted by atomic mass is 10.2. The van der Waals surface area contributed by atoms with Crippen LogP contribution in [0.2, 0.25) is 0 Å². The van der Waals surface area contributed by atoms with Gasteiger partial charge in [0.1, 0.15) is 11.8 Å². The van der Waals surface area contributed by atoms with Crippen LogP contribution in [0.4, 0.5) is 0 Å². The average molecular weight is 245 g/mol. The first-order chi connectivity index (χ1) is 8.24. The van der Waals surface area contributed by atoms with E-state index in [0.717, 1.165) is 0 Å². The number of nitrogens with zero attached hydrogens (tertiary/aromatic N) is 4. The molecule has 0 aliphatic carbocycles. The predicted molar refractivity (Wildman–Crippen MR) is 62.4 cm³/mol. The van der Waals surface area contributed by atoms with E-state index in [-0.39, 0.29) is 5.82 Å². The number of pyridine rings is 1. The number of H-pyrrole nitrogens is 1. The molecule has 7 heteroatoms. The Hall–Kier alpha value is -2.20. The number of aromatic amines is 1. The maximum atomic E-state index is 11.3. The van der Waals surface area contributed by atoms with Crippen molar-refractivity contribution in [2.75, 3.05) is 6.26 Å². The van der Waals surface area contributed by atoms with Crippen LogP contribution in [0.25, 0.3) is 11.5 Å². The lowest BCUT2D eigenvalue weighted by Crippen LogP contribution is -2.14. The molecule has 0 aliphatic rings. The van der Waals surface area contributed by atoms with Crippen molar-refractivity contribution in [2.45, 2.75) is 5.16 Å². The number of nitrogens with one attached hydrogen (secondary N) is 1. The van der Waals surface area contributed by atoms with Gasteiger partial charge in [-0.1, -0.05) is 11.8 Å². The highest BCUT2D eigenvalue weighted by molar-refractivity contribution is 7.98. The first-order valence-corrected chi connectivity index (χ1v) is 5.85.